The third-order valence-electron chi connectivity index (χ3n) is 2.49. The maximum absolute atomic E-state index is 13.0. The summed E-state index contributed by atoms with van der Waals surface area (Å²) in [7, 11) is 0. The Kier molecular flexibility index (Phi) is 6.39. The molecule has 0 amide bonds. The lowest BCUT2D eigenvalue weighted by Crippen LogP contribution is -1.85. The van der Waals surface area contributed by atoms with Gasteiger partial charge in [0.2, 0.25) is 0 Å². The molecule has 0 atom stereocenters. The number of unbranched alkanes of at least 4 members (excludes halogenated alkanes) is 3. The molecule has 0 heterocycles. The van der Waals surface area contributed by atoms with E-state index in [0.717, 1.165) is 22.9 Å². The van der Waals surface area contributed by atoms with E-state index in [1.54, 1.807) is 12.1 Å². The third-order valence-corrected chi connectivity index (χ3v) is 3.26. The molecule has 0 fully saturated rings. The number of halogens is 2. The topological polar surface area (TPSA) is 0 Å². The quantitative estimate of drug-likeness (QED) is 0.493. The Balaban J connectivity index is 2.39. The minimum atomic E-state index is -0.169. The minimum absolute atomic E-state index is 0.169. The summed E-state index contributed by atoms with van der Waals surface area (Å²) in [6.07, 6.45) is 10.0. The van der Waals surface area contributed by atoms with Gasteiger partial charge in [-0.15, -0.1) is 0 Å². The van der Waals surface area contributed by atoms with Crippen LogP contribution in [0, 0.1) is 5.82 Å². The standard InChI is InChI=1S/C14H18BrF/c1-2-3-4-5-6-7-8-12-11-13(16)9-10-14(12)15/h6-7,9-11H,2-5,8H2,1H3/b7-6+. The fraction of sp³-hybridized carbons (Fsp3) is 0.429. The van der Waals surface area contributed by atoms with E-state index in [0.29, 0.717) is 0 Å². The summed E-state index contributed by atoms with van der Waals surface area (Å²) < 4.78 is 14.0. The van der Waals surface area contributed by atoms with Gasteiger partial charge in [0.05, 0.1) is 0 Å². The number of hydrogen-bond donors (Lipinski definition) is 0. The Bertz CT molecular complexity index is 345. The molecule has 0 bridgehead atoms. The van der Waals surface area contributed by atoms with Gasteiger partial charge in [0.25, 0.3) is 0 Å². The molecule has 1 rings (SSSR count). The molecule has 0 aliphatic heterocycles. The average molecular weight is 285 g/mol. The van der Waals surface area contributed by atoms with E-state index in [2.05, 4.69) is 35.0 Å². The van der Waals surface area contributed by atoms with Crippen LogP contribution < -0.4 is 0 Å². The number of hydrogen-bond acceptors (Lipinski definition) is 0. The fourth-order valence-electron chi connectivity index (χ4n) is 1.54. The van der Waals surface area contributed by atoms with Crippen molar-refractivity contribution in [2.45, 2.75) is 39.0 Å². The zero-order valence-electron chi connectivity index (χ0n) is 9.68. The number of rotatable bonds is 6. The molecule has 0 aliphatic carbocycles. The maximum Gasteiger partial charge on any atom is 0.123 e. The van der Waals surface area contributed by atoms with E-state index in [1.807, 2.05) is 0 Å². The van der Waals surface area contributed by atoms with Crippen LogP contribution in [0.4, 0.5) is 4.39 Å². The van der Waals surface area contributed by atoms with Gasteiger partial charge in [-0.1, -0.05) is 47.8 Å². The van der Waals surface area contributed by atoms with Crippen molar-refractivity contribution in [3.05, 3.63) is 46.2 Å². The van der Waals surface area contributed by atoms with E-state index in [-0.39, 0.29) is 5.82 Å². The van der Waals surface area contributed by atoms with Crippen LogP contribution in [0.1, 0.15) is 38.2 Å². The second kappa shape index (κ2) is 7.61. The molecule has 2 heteroatoms. The van der Waals surface area contributed by atoms with Crippen molar-refractivity contribution in [2.24, 2.45) is 0 Å². The van der Waals surface area contributed by atoms with Gasteiger partial charge in [0.1, 0.15) is 5.82 Å². The monoisotopic (exact) mass is 284 g/mol. The summed E-state index contributed by atoms with van der Waals surface area (Å²) in [6, 6.07) is 4.81. The highest BCUT2D eigenvalue weighted by Crippen LogP contribution is 2.18. The van der Waals surface area contributed by atoms with Crippen LogP contribution in [0.3, 0.4) is 0 Å². The minimum Gasteiger partial charge on any atom is -0.207 e. The first-order chi connectivity index (χ1) is 7.74. The summed E-state index contributed by atoms with van der Waals surface area (Å²) in [5.74, 6) is -0.169. The Morgan fingerprint density at radius 3 is 2.81 bits per heavy atom. The molecule has 0 spiro atoms. The smallest absolute Gasteiger partial charge is 0.123 e. The van der Waals surface area contributed by atoms with Gasteiger partial charge in [-0.2, -0.15) is 0 Å². The lowest BCUT2D eigenvalue weighted by molar-refractivity contribution is 0.625. The van der Waals surface area contributed by atoms with Crippen molar-refractivity contribution in [1.29, 1.82) is 0 Å². The SMILES string of the molecule is CCCCC/C=C/Cc1cc(F)ccc1Br. The Morgan fingerprint density at radius 2 is 2.06 bits per heavy atom. The van der Waals surface area contributed by atoms with Crippen molar-refractivity contribution in [2.75, 3.05) is 0 Å². The first kappa shape index (κ1) is 13.4. The van der Waals surface area contributed by atoms with Crippen LogP contribution in [0.15, 0.2) is 34.8 Å². The van der Waals surface area contributed by atoms with Crippen LogP contribution >= 0.6 is 15.9 Å². The molecular formula is C14H18BrF. The zero-order chi connectivity index (χ0) is 11.8. The van der Waals surface area contributed by atoms with Gasteiger partial charge in [-0.05, 0) is 43.0 Å². The second-order valence-electron chi connectivity index (χ2n) is 3.91. The zero-order valence-corrected chi connectivity index (χ0v) is 11.3. The van der Waals surface area contributed by atoms with Gasteiger partial charge in [-0.3, -0.25) is 0 Å². The van der Waals surface area contributed by atoms with Gasteiger partial charge in [0.15, 0.2) is 0 Å². The predicted molar refractivity (Wildman–Crippen MR) is 71.1 cm³/mol. The molecule has 1 aromatic carbocycles. The van der Waals surface area contributed by atoms with Crippen LogP contribution in [-0.2, 0) is 6.42 Å². The highest BCUT2D eigenvalue weighted by molar-refractivity contribution is 9.10. The van der Waals surface area contributed by atoms with Crippen LogP contribution in [-0.4, -0.2) is 0 Å². The van der Waals surface area contributed by atoms with E-state index in [1.165, 1.54) is 25.3 Å². The Hall–Kier alpha value is -0.630. The predicted octanol–water partition coefficient (Wildman–Crippen LogP) is 5.27. The Labute approximate surface area is 106 Å². The lowest BCUT2D eigenvalue weighted by atomic mass is 10.1. The average Bonchev–Trinajstić information content (AvgIpc) is 2.28. The molecule has 1 aromatic rings. The van der Waals surface area contributed by atoms with Crippen molar-refractivity contribution in [1.82, 2.24) is 0 Å². The van der Waals surface area contributed by atoms with Crippen molar-refractivity contribution in [3.8, 4) is 0 Å². The molecule has 0 saturated heterocycles. The van der Waals surface area contributed by atoms with Gasteiger partial charge in [0, 0.05) is 4.47 Å². The van der Waals surface area contributed by atoms with Gasteiger partial charge < -0.3 is 0 Å². The third kappa shape index (κ3) is 4.93. The molecule has 0 unspecified atom stereocenters. The molecule has 16 heavy (non-hydrogen) atoms. The molecule has 0 aliphatic rings. The first-order valence-electron chi connectivity index (χ1n) is 5.83. The van der Waals surface area contributed by atoms with Crippen LogP contribution in [0.5, 0.6) is 0 Å². The number of allylic oxidation sites excluding steroid dienone is 2. The maximum atomic E-state index is 13.0. The summed E-state index contributed by atoms with van der Waals surface area (Å²) in [4.78, 5) is 0. The molecule has 88 valence electrons. The molecule has 0 nitrogen and oxygen atoms in total. The summed E-state index contributed by atoms with van der Waals surface area (Å²) in [5.41, 5.74) is 1.01. The normalized spacial score (nSPS) is 11.2. The first-order valence-corrected chi connectivity index (χ1v) is 6.62. The molecular weight excluding hydrogens is 267 g/mol. The van der Waals surface area contributed by atoms with Crippen molar-refractivity contribution in [3.63, 3.8) is 0 Å². The van der Waals surface area contributed by atoms with Crippen molar-refractivity contribution < 1.29 is 4.39 Å². The van der Waals surface area contributed by atoms with Crippen molar-refractivity contribution >= 4 is 15.9 Å². The molecule has 0 N–H and O–H groups in total. The molecule has 0 aromatic heterocycles. The molecule has 0 radical (unpaired) electrons. The van der Waals surface area contributed by atoms with Crippen LogP contribution in [0.25, 0.3) is 0 Å². The number of benzene rings is 1. The lowest BCUT2D eigenvalue weighted by Gasteiger charge is -2.00. The van der Waals surface area contributed by atoms with Crippen LogP contribution in [0.2, 0.25) is 0 Å². The van der Waals surface area contributed by atoms with E-state index < -0.39 is 0 Å². The molecule has 0 saturated carbocycles. The highest BCUT2D eigenvalue weighted by Gasteiger charge is 1.99. The van der Waals surface area contributed by atoms with E-state index in [9.17, 15) is 4.39 Å². The summed E-state index contributed by atoms with van der Waals surface area (Å²) >= 11 is 3.42. The second-order valence-corrected chi connectivity index (χ2v) is 4.76. The fourth-order valence-corrected chi connectivity index (χ4v) is 1.95. The highest BCUT2D eigenvalue weighted by atomic mass is 79.9. The summed E-state index contributed by atoms with van der Waals surface area (Å²) in [6.45, 7) is 2.20. The van der Waals surface area contributed by atoms with E-state index in [4.69, 9.17) is 0 Å². The Morgan fingerprint density at radius 1 is 1.25 bits per heavy atom. The largest absolute Gasteiger partial charge is 0.207 e. The van der Waals surface area contributed by atoms with Gasteiger partial charge >= 0.3 is 0 Å². The van der Waals surface area contributed by atoms with E-state index >= 15 is 0 Å². The summed E-state index contributed by atoms with van der Waals surface area (Å²) in [5, 5.41) is 0. The van der Waals surface area contributed by atoms with Gasteiger partial charge in [-0.25, -0.2) is 4.39 Å².